The summed E-state index contributed by atoms with van der Waals surface area (Å²) in [5.74, 6) is 0.465. The highest BCUT2D eigenvalue weighted by Gasteiger charge is 2.09. The normalized spacial score (nSPS) is 11.2. The van der Waals surface area contributed by atoms with E-state index in [0.717, 1.165) is 25.9 Å². The van der Waals surface area contributed by atoms with Crippen LogP contribution in [0.5, 0.6) is 0 Å². The van der Waals surface area contributed by atoms with Crippen molar-refractivity contribution in [1.29, 1.82) is 0 Å². The smallest absolute Gasteiger partial charge is 0.149 e. The van der Waals surface area contributed by atoms with E-state index in [0.29, 0.717) is 12.3 Å². The van der Waals surface area contributed by atoms with Gasteiger partial charge in [-0.1, -0.05) is 13.8 Å². The van der Waals surface area contributed by atoms with Crippen LogP contribution in [-0.2, 0) is 4.79 Å². The highest BCUT2D eigenvalue weighted by atomic mass is 16.1. The third-order valence-electron chi connectivity index (χ3n) is 2.06. The van der Waals surface area contributed by atoms with Gasteiger partial charge >= 0.3 is 0 Å². The largest absolute Gasteiger partial charge is 0.330 e. The topological polar surface area (TPSA) is 46.3 Å². The molecule has 0 bridgehead atoms. The van der Waals surface area contributed by atoms with E-state index in [-0.39, 0.29) is 5.92 Å². The standard InChI is InChI=1S/C10H22N2O/c1-9(2)10(13)8-12(3)7-5-4-6-11/h9H,4-8,11H2,1-3H3. The molecule has 0 aliphatic rings. The summed E-state index contributed by atoms with van der Waals surface area (Å²) >= 11 is 0. The second kappa shape index (κ2) is 7.04. The minimum atomic E-state index is 0.150. The summed E-state index contributed by atoms with van der Waals surface area (Å²) in [6.07, 6.45) is 2.12. The van der Waals surface area contributed by atoms with Crippen molar-refractivity contribution >= 4 is 5.78 Å². The molecule has 3 heteroatoms. The Hall–Kier alpha value is -0.410. The van der Waals surface area contributed by atoms with Crippen molar-refractivity contribution in [3.05, 3.63) is 0 Å². The fraction of sp³-hybridized carbons (Fsp3) is 0.900. The molecule has 0 heterocycles. The summed E-state index contributed by atoms with van der Waals surface area (Å²) in [7, 11) is 1.98. The number of carbonyl (C=O) groups excluding carboxylic acids is 1. The zero-order valence-electron chi connectivity index (χ0n) is 9.05. The predicted octanol–water partition coefficient (Wildman–Crippen LogP) is 0.882. The second-order valence-corrected chi connectivity index (χ2v) is 3.85. The van der Waals surface area contributed by atoms with Crippen LogP contribution in [0.15, 0.2) is 0 Å². The van der Waals surface area contributed by atoms with Gasteiger partial charge in [0.1, 0.15) is 5.78 Å². The number of hydrogen-bond donors (Lipinski definition) is 1. The van der Waals surface area contributed by atoms with E-state index < -0.39 is 0 Å². The van der Waals surface area contributed by atoms with E-state index >= 15 is 0 Å². The van der Waals surface area contributed by atoms with Gasteiger partial charge in [0.15, 0.2) is 0 Å². The molecule has 0 aliphatic carbocycles. The average Bonchev–Trinajstić information content (AvgIpc) is 2.04. The van der Waals surface area contributed by atoms with Crippen molar-refractivity contribution in [2.75, 3.05) is 26.7 Å². The molecule has 3 nitrogen and oxygen atoms in total. The van der Waals surface area contributed by atoms with Crippen molar-refractivity contribution in [3.63, 3.8) is 0 Å². The summed E-state index contributed by atoms with van der Waals surface area (Å²) in [4.78, 5) is 13.4. The fourth-order valence-corrected chi connectivity index (χ4v) is 1.05. The van der Waals surface area contributed by atoms with Crippen molar-refractivity contribution in [2.45, 2.75) is 26.7 Å². The molecule has 0 aromatic heterocycles. The molecule has 0 fully saturated rings. The maximum Gasteiger partial charge on any atom is 0.149 e. The van der Waals surface area contributed by atoms with Gasteiger partial charge in [-0.25, -0.2) is 0 Å². The van der Waals surface area contributed by atoms with E-state index in [4.69, 9.17) is 5.73 Å². The molecule has 0 aliphatic heterocycles. The highest BCUT2D eigenvalue weighted by Crippen LogP contribution is 1.97. The van der Waals surface area contributed by atoms with Gasteiger partial charge in [-0.2, -0.15) is 0 Å². The highest BCUT2D eigenvalue weighted by molar-refractivity contribution is 5.82. The Morgan fingerprint density at radius 2 is 2.00 bits per heavy atom. The lowest BCUT2D eigenvalue weighted by Gasteiger charge is -2.16. The van der Waals surface area contributed by atoms with Crippen molar-refractivity contribution in [1.82, 2.24) is 4.90 Å². The van der Waals surface area contributed by atoms with Crippen LogP contribution in [0.4, 0.5) is 0 Å². The van der Waals surface area contributed by atoms with Gasteiger partial charge in [0, 0.05) is 5.92 Å². The third-order valence-corrected chi connectivity index (χ3v) is 2.06. The van der Waals surface area contributed by atoms with Gasteiger partial charge in [0.05, 0.1) is 6.54 Å². The van der Waals surface area contributed by atoms with Crippen LogP contribution in [0.25, 0.3) is 0 Å². The lowest BCUT2D eigenvalue weighted by atomic mass is 10.1. The van der Waals surface area contributed by atoms with Crippen LogP contribution in [0.1, 0.15) is 26.7 Å². The minimum Gasteiger partial charge on any atom is -0.330 e. The first-order chi connectivity index (χ1) is 6.07. The molecule has 0 radical (unpaired) electrons. The minimum absolute atomic E-state index is 0.150. The Morgan fingerprint density at radius 1 is 1.38 bits per heavy atom. The van der Waals surface area contributed by atoms with Crippen LogP contribution in [-0.4, -0.2) is 37.4 Å². The zero-order valence-corrected chi connectivity index (χ0v) is 9.05. The first-order valence-electron chi connectivity index (χ1n) is 4.99. The van der Waals surface area contributed by atoms with Crippen LogP contribution >= 0.6 is 0 Å². The van der Waals surface area contributed by atoms with Gasteiger partial charge in [-0.05, 0) is 33.0 Å². The van der Waals surface area contributed by atoms with Crippen LogP contribution in [0.2, 0.25) is 0 Å². The van der Waals surface area contributed by atoms with Crippen LogP contribution in [0, 0.1) is 5.92 Å². The molecule has 13 heavy (non-hydrogen) atoms. The fourth-order valence-electron chi connectivity index (χ4n) is 1.05. The molecular formula is C10H22N2O. The molecule has 0 aromatic rings. The summed E-state index contributed by atoms with van der Waals surface area (Å²) in [6, 6.07) is 0. The molecule has 0 unspecified atom stereocenters. The van der Waals surface area contributed by atoms with Gasteiger partial charge in [0.25, 0.3) is 0 Å². The van der Waals surface area contributed by atoms with Crippen molar-refractivity contribution < 1.29 is 4.79 Å². The van der Waals surface area contributed by atoms with Crippen LogP contribution in [0.3, 0.4) is 0 Å². The quantitative estimate of drug-likeness (QED) is 0.600. The summed E-state index contributed by atoms with van der Waals surface area (Å²) in [6.45, 7) is 6.16. The summed E-state index contributed by atoms with van der Waals surface area (Å²) < 4.78 is 0. The number of nitrogens with two attached hydrogens (primary N) is 1. The van der Waals surface area contributed by atoms with E-state index in [9.17, 15) is 4.79 Å². The molecule has 0 atom stereocenters. The Bertz CT molecular complexity index is 146. The lowest BCUT2D eigenvalue weighted by molar-refractivity contribution is -0.122. The van der Waals surface area contributed by atoms with Gasteiger partial charge < -0.3 is 5.73 Å². The Kier molecular flexibility index (Phi) is 6.82. The molecule has 0 aromatic carbocycles. The lowest BCUT2D eigenvalue weighted by Crippen LogP contribution is -2.29. The van der Waals surface area contributed by atoms with Crippen molar-refractivity contribution in [2.24, 2.45) is 11.7 Å². The van der Waals surface area contributed by atoms with Crippen molar-refractivity contribution in [3.8, 4) is 0 Å². The number of Topliss-reactive ketones (excluding diaryl/α,β-unsaturated/α-hetero) is 1. The summed E-state index contributed by atoms with van der Waals surface area (Å²) in [5.41, 5.74) is 5.38. The maximum atomic E-state index is 11.3. The van der Waals surface area contributed by atoms with Crippen LogP contribution < -0.4 is 5.73 Å². The number of carbonyl (C=O) groups is 1. The van der Waals surface area contributed by atoms with E-state index in [1.54, 1.807) is 0 Å². The molecule has 78 valence electrons. The Labute approximate surface area is 81.3 Å². The first kappa shape index (κ1) is 12.6. The Balaban J connectivity index is 3.50. The number of hydrogen-bond acceptors (Lipinski definition) is 3. The average molecular weight is 186 g/mol. The first-order valence-corrected chi connectivity index (χ1v) is 4.99. The third kappa shape index (κ3) is 6.72. The van der Waals surface area contributed by atoms with E-state index in [1.807, 2.05) is 20.9 Å². The monoisotopic (exact) mass is 186 g/mol. The Morgan fingerprint density at radius 3 is 2.46 bits per heavy atom. The molecule has 2 N–H and O–H groups in total. The van der Waals surface area contributed by atoms with E-state index in [2.05, 4.69) is 4.90 Å². The number of rotatable bonds is 7. The second-order valence-electron chi connectivity index (χ2n) is 3.85. The number of nitrogens with zero attached hydrogens (tertiary/aromatic N) is 1. The number of unbranched alkanes of at least 4 members (excludes halogenated alkanes) is 1. The van der Waals surface area contributed by atoms with Gasteiger partial charge in [-0.15, -0.1) is 0 Å². The molecule has 0 spiro atoms. The molecular weight excluding hydrogens is 164 g/mol. The molecule has 0 rings (SSSR count). The van der Waals surface area contributed by atoms with Gasteiger partial charge in [-0.3, -0.25) is 9.69 Å². The van der Waals surface area contributed by atoms with Gasteiger partial charge in [0.2, 0.25) is 0 Å². The molecule has 0 saturated heterocycles. The SMILES string of the molecule is CC(C)C(=O)CN(C)CCCCN. The van der Waals surface area contributed by atoms with E-state index in [1.165, 1.54) is 0 Å². The zero-order chi connectivity index (χ0) is 10.3. The number of ketones is 1. The molecule has 0 saturated carbocycles. The maximum absolute atomic E-state index is 11.3. The number of likely N-dealkylation sites (N-methyl/N-ethyl adjacent to an activating group) is 1. The predicted molar refractivity (Wildman–Crippen MR) is 55.6 cm³/mol. The summed E-state index contributed by atoms with van der Waals surface area (Å²) in [5, 5.41) is 0. The molecule has 0 amide bonds.